The van der Waals surface area contributed by atoms with Gasteiger partial charge in [0.1, 0.15) is 24.2 Å². The van der Waals surface area contributed by atoms with Crippen LogP contribution in [0.15, 0.2) is 72.5 Å². The van der Waals surface area contributed by atoms with Gasteiger partial charge in [0.05, 0.1) is 6.42 Å². The second-order valence-electron chi connectivity index (χ2n) is 9.30. The molecule has 2 saturated heterocycles. The van der Waals surface area contributed by atoms with Gasteiger partial charge in [0.2, 0.25) is 0 Å². The molecule has 1 N–H and O–H groups in total. The van der Waals surface area contributed by atoms with Crippen LogP contribution in [0.1, 0.15) is 42.7 Å². The number of cyclic esters (lactones) is 1. The Balaban J connectivity index is 1.09. The van der Waals surface area contributed by atoms with E-state index >= 15 is 0 Å². The number of β-amino-alcohol motifs (C(OH)–C–C–N with tert-alkyl or cyclic N) is 1. The molecule has 1 atom stereocenters. The predicted octanol–water partition coefficient (Wildman–Crippen LogP) is 5.14. The fourth-order valence-corrected chi connectivity index (χ4v) is 4.91. The molecule has 2 heterocycles. The number of aliphatic hydroxyl groups is 1. The number of rotatable bonds is 7. The minimum Gasteiger partial charge on any atom is -0.491 e. The number of carbonyl (C=O) groups excluding carboxylic acids is 1. The molecule has 2 fully saturated rings. The van der Waals surface area contributed by atoms with E-state index in [-0.39, 0.29) is 12.6 Å². The summed E-state index contributed by atoms with van der Waals surface area (Å²) in [5.41, 5.74) is 2.34. The standard InChI is InChI=1S/C29H31NO4/c31-26(20-33-27-7-3-4-21(16-27)17-28-10-11-29(32)34-28)19-30-14-12-23(13-15-30)25-9-8-22-5-1-2-6-24(22)18-25/h1-9,16-18,23,26,31H,10-15,19-20H2/t26-/m0/s1. The van der Waals surface area contributed by atoms with Gasteiger partial charge in [-0.25, -0.2) is 0 Å². The monoisotopic (exact) mass is 457 g/mol. The third-order valence-corrected chi connectivity index (χ3v) is 6.75. The van der Waals surface area contributed by atoms with Crippen molar-refractivity contribution in [1.29, 1.82) is 0 Å². The van der Waals surface area contributed by atoms with Gasteiger partial charge in [0.25, 0.3) is 0 Å². The molecule has 3 aromatic rings. The summed E-state index contributed by atoms with van der Waals surface area (Å²) in [4.78, 5) is 13.6. The van der Waals surface area contributed by atoms with E-state index in [2.05, 4.69) is 47.4 Å². The first kappa shape index (κ1) is 22.6. The highest BCUT2D eigenvalue weighted by Gasteiger charge is 2.22. The lowest BCUT2D eigenvalue weighted by Gasteiger charge is -2.33. The summed E-state index contributed by atoms with van der Waals surface area (Å²) >= 11 is 0. The maximum Gasteiger partial charge on any atom is 0.311 e. The van der Waals surface area contributed by atoms with E-state index in [0.717, 1.165) is 31.5 Å². The van der Waals surface area contributed by atoms with Crippen molar-refractivity contribution in [3.8, 4) is 5.75 Å². The number of hydrogen-bond donors (Lipinski definition) is 1. The van der Waals surface area contributed by atoms with E-state index in [1.54, 1.807) is 0 Å². The summed E-state index contributed by atoms with van der Waals surface area (Å²) in [6, 6.07) is 23.0. The molecule has 5 heteroatoms. The minimum absolute atomic E-state index is 0.178. The molecule has 3 aromatic carbocycles. The van der Waals surface area contributed by atoms with Crippen LogP contribution in [-0.4, -0.2) is 48.3 Å². The average Bonchev–Trinajstić information content (AvgIpc) is 3.27. The number of ether oxygens (including phenoxy) is 2. The number of likely N-dealkylation sites (tertiary alicyclic amines) is 1. The van der Waals surface area contributed by atoms with Crippen molar-refractivity contribution in [2.45, 2.75) is 37.7 Å². The third kappa shape index (κ3) is 5.66. The first-order chi connectivity index (χ1) is 16.6. The van der Waals surface area contributed by atoms with Crippen LogP contribution < -0.4 is 4.74 Å². The van der Waals surface area contributed by atoms with Crippen LogP contribution >= 0.6 is 0 Å². The lowest BCUT2D eigenvalue weighted by atomic mass is 9.88. The molecule has 2 aliphatic heterocycles. The molecule has 0 spiro atoms. The van der Waals surface area contributed by atoms with Crippen molar-refractivity contribution < 1.29 is 19.4 Å². The van der Waals surface area contributed by atoms with Crippen molar-refractivity contribution in [3.63, 3.8) is 0 Å². The Labute approximate surface area is 200 Å². The number of fused-ring (bicyclic) bond motifs is 1. The van der Waals surface area contributed by atoms with Crippen LogP contribution in [0.3, 0.4) is 0 Å². The first-order valence-corrected chi connectivity index (χ1v) is 12.2. The third-order valence-electron chi connectivity index (χ3n) is 6.75. The van der Waals surface area contributed by atoms with Crippen LogP contribution in [0.2, 0.25) is 0 Å². The molecule has 5 rings (SSSR count). The van der Waals surface area contributed by atoms with Crippen LogP contribution in [0.4, 0.5) is 0 Å². The van der Waals surface area contributed by atoms with Gasteiger partial charge in [0.15, 0.2) is 0 Å². The second kappa shape index (κ2) is 10.4. The lowest BCUT2D eigenvalue weighted by Crippen LogP contribution is -2.40. The first-order valence-electron chi connectivity index (χ1n) is 12.2. The molecule has 0 amide bonds. The Morgan fingerprint density at radius 3 is 2.62 bits per heavy atom. The Bertz CT molecular complexity index is 1180. The second-order valence-corrected chi connectivity index (χ2v) is 9.30. The summed E-state index contributed by atoms with van der Waals surface area (Å²) in [5, 5.41) is 13.1. The van der Waals surface area contributed by atoms with E-state index in [0.29, 0.717) is 36.8 Å². The maximum absolute atomic E-state index is 11.3. The zero-order valence-electron chi connectivity index (χ0n) is 19.4. The Morgan fingerprint density at radius 1 is 1.00 bits per heavy atom. The molecule has 0 unspecified atom stereocenters. The van der Waals surface area contributed by atoms with Gasteiger partial charge in [-0.05, 0) is 72.0 Å². The van der Waals surface area contributed by atoms with Gasteiger partial charge in [-0.2, -0.15) is 0 Å². The Hall–Kier alpha value is -3.15. The largest absolute Gasteiger partial charge is 0.491 e. The highest BCUT2D eigenvalue weighted by molar-refractivity contribution is 5.83. The predicted molar refractivity (Wildman–Crippen MR) is 134 cm³/mol. The number of carbonyl (C=O) groups is 1. The van der Waals surface area contributed by atoms with Crippen LogP contribution in [0.25, 0.3) is 16.8 Å². The number of piperidine rings is 1. The molecule has 0 saturated carbocycles. The smallest absolute Gasteiger partial charge is 0.311 e. The molecule has 0 aromatic heterocycles. The molecule has 176 valence electrons. The number of aliphatic hydroxyl groups excluding tert-OH is 1. The van der Waals surface area contributed by atoms with E-state index < -0.39 is 6.10 Å². The van der Waals surface area contributed by atoms with Crippen LogP contribution in [0, 0.1) is 0 Å². The average molecular weight is 458 g/mol. The van der Waals surface area contributed by atoms with E-state index in [1.807, 2.05) is 30.3 Å². The number of benzene rings is 3. The Morgan fingerprint density at radius 2 is 1.82 bits per heavy atom. The SMILES string of the molecule is O=C1CCC(=Cc2cccc(OC[C@@H](O)CN3CCC(c4ccc5ccccc5c4)CC3)c2)O1. The summed E-state index contributed by atoms with van der Waals surface area (Å²) in [7, 11) is 0. The zero-order chi connectivity index (χ0) is 23.3. The summed E-state index contributed by atoms with van der Waals surface area (Å²) in [6.45, 7) is 2.83. The van der Waals surface area contributed by atoms with Crippen molar-refractivity contribution in [3.05, 3.63) is 83.6 Å². The van der Waals surface area contributed by atoms with Crippen molar-refractivity contribution in [1.82, 2.24) is 4.90 Å². The van der Waals surface area contributed by atoms with Gasteiger partial charge < -0.3 is 19.5 Å². The molecule has 0 radical (unpaired) electrons. The van der Waals surface area contributed by atoms with Gasteiger partial charge in [0, 0.05) is 13.0 Å². The normalized spacial score (nSPS) is 19.4. The number of esters is 1. The van der Waals surface area contributed by atoms with Crippen molar-refractivity contribution in [2.24, 2.45) is 0 Å². The zero-order valence-corrected chi connectivity index (χ0v) is 19.4. The lowest BCUT2D eigenvalue weighted by molar-refractivity contribution is -0.135. The summed E-state index contributed by atoms with van der Waals surface area (Å²) in [6.07, 6.45) is 4.61. The molecular weight excluding hydrogens is 426 g/mol. The van der Waals surface area contributed by atoms with Gasteiger partial charge in [-0.1, -0.05) is 54.6 Å². The van der Waals surface area contributed by atoms with Crippen LogP contribution in [0.5, 0.6) is 5.75 Å². The van der Waals surface area contributed by atoms with Gasteiger partial charge >= 0.3 is 5.97 Å². The fraction of sp³-hybridized carbons (Fsp3) is 0.345. The minimum atomic E-state index is -0.546. The molecule has 0 bridgehead atoms. The highest BCUT2D eigenvalue weighted by atomic mass is 16.5. The molecule has 0 aliphatic carbocycles. The number of hydrogen-bond acceptors (Lipinski definition) is 5. The topological polar surface area (TPSA) is 59.0 Å². The van der Waals surface area contributed by atoms with E-state index in [9.17, 15) is 9.90 Å². The van der Waals surface area contributed by atoms with E-state index in [4.69, 9.17) is 9.47 Å². The van der Waals surface area contributed by atoms with Gasteiger partial charge in [-0.3, -0.25) is 4.79 Å². The van der Waals surface area contributed by atoms with Gasteiger partial charge in [-0.15, -0.1) is 0 Å². The fourth-order valence-electron chi connectivity index (χ4n) is 4.91. The van der Waals surface area contributed by atoms with Crippen LogP contribution in [-0.2, 0) is 9.53 Å². The number of allylic oxidation sites excluding steroid dienone is 1. The molecular formula is C29H31NO4. The molecule has 5 nitrogen and oxygen atoms in total. The summed E-state index contributed by atoms with van der Waals surface area (Å²) < 4.78 is 11.0. The number of nitrogens with zero attached hydrogens (tertiary/aromatic N) is 1. The highest BCUT2D eigenvalue weighted by Crippen LogP contribution is 2.30. The van der Waals surface area contributed by atoms with Crippen molar-refractivity contribution >= 4 is 22.8 Å². The summed E-state index contributed by atoms with van der Waals surface area (Å²) in [5.74, 6) is 1.79. The maximum atomic E-state index is 11.3. The van der Waals surface area contributed by atoms with E-state index in [1.165, 1.54) is 16.3 Å². The molecule has 34 heavy (non-hydrogen) atoms. The quantitative estimate of drug-likeness (QED) is 0.498. The van der Waals surface area contributed by atoms with Crippen molar-refractivity contribution in [2.75, 3.05) is 26.2 Å². The molecule has 2 aliphatic rings. The Kier molecular flexibility index (Phi) is 6.93.